The number of hydrogen-bond donors (Lipinski definition) is 1. The second kappa shape index (κ2) is 7.88. The molecular weight excluding hydrogens is 354 g/mol. The van der Waals surface area contributed by atoms with Gasteiger partial charge in [-0.05, 0) is 35.1 Å². The van der Waals surface area contributed by atoms with Crippen LogP contribution in [0.1, 0.15) is 28.2 Å². The highest BCUT2D eigenvalue weighted by atomic mass is 15.1. The van der Waals surface area contributed by atoms with Crippen LogP contribution in [0.4, 0.5) is 5.95 Å². The summed E-state index contributed by atoms with van der Waals surface area (Å²) in [7, 11) is 0. The van der Waals surface area contributed by atoms with Crippen LogP contribution in [0.15, 0.2) is 91.1 Å². The Hall–Kier alpha value is -3.46. The number of rotatable bonds is 5. The Kier molecular flexibility index (Phi) is 4.79. The highest BCUT2D eigenvalue weighted by Gasteiger charge is 2.27. The van der Waals surface area contributed by atoms with Gasteiger partial charge in [-0.3, -0.25) is 0 Å². The Morgan fingerprint density at radius 1 is 0.828 bits per heavy atom. The molecule has 1 heterocycles. The van der Waals surface area contributed by atoms with Crippen LogP contribution in [-0.4, -0.2) is 16.5 Å². The van der Waals surface area contributed by atoms with Gasteiger partial charge in [0.15, 0.2) is 0 Å². The first-order valence-electron chi connectivity index (χ1n) is 10.2. The fourth-order valence-electron chi connectivity index (χ4n) is 4.17. The summed E-state index contributed by atoms with van der Waals surface area (Å²) in [5.41, 5.74) is 7.50. The van der Waals surface area contributed by atoms with Gasteiger partial charge >= 0.3 is 0 Å². The smallest absolute Gasteiger partial charge is 0.223 e. The van der Waals surface area contributed by atoms with Gasteiger partial charge in [-0.1, -0.05) is 84.9 Å². The molecule has 3 nitrogen and oxygen atoms in total. The molecule has 3 aromatic carbocycles. The van der Waals surface area contributed by atoms with Gasteiger partial charge in [-0.25, -0.2) is 9.97 Å². The van der Waals surface area contributed by atoms with E-state index in [1.54, 1.807) is 0 Å². The lowest BCUT2D eigenvalue weighted by Crippen LogP contribution is -2.16. The molecule has 3 heteroatoms. The van der Waals surface area contributed by atoms with Crippen LogP contribution in [0.2, 0.25) is 0 Å². The molecule has 29 heavy (non-hydrogen) atoms. The minimum atomic E-state index is 0.348. The molecule has 1 aliphatic rings. The number of anilines is 1. The summed E-state index contributed by atoms with van der Waals surface area (Å²) < 4.78 is 0. The van der Waals surface area contributed by atoms with Crippen LogP contribution in [0, 0.1) is 0 Å². The van der Waals surface area contributed by atoms with Gasteiger partial charge in [0.2, 0.25) is 5.95 Å². The molecule has 0 amide bonds. The van der Waals surface area contributed by atoms with Crippen molar-refractivity contribution in [3.63, 3.8) is 0 Å². The molecule has 1 aliphatic carbocycles. The maximum absolute atomic E-state index is 4.89. The molecule has 1 unspecified atom stereocenters. The quantitative estimate of drug-likeness (QED) is 0.500. The van der Waals surface area contributed by atoms with Crippen LogP contribution in [0.25, 0.3) is 11.3 Å². The largest absolute Gasteiger partial charge is 0.354 e. The molecule has 0 saturated heterocycles. The van der Waals surface area contributed by atoms with E-state index in [9.17, 15) is 0 Å². The number of aromatic nitrogens is 2. The molecular formula is C26H23N3. The molecule has 0 spiro atoms. The molecule has 0 radical (unpaired) electrons. The summed E-state index contributed by atoms with van der Waals surface area (Å²) in [6, 6.07) is 29.9. The van der Waals surface area contributed by atoms with Crippen LogP contribution in [0.5, 0.6) is 0 Å². The van der Waals surface area contributed by atoms with E-state index in [4.69, 9.17) is 4.98 Å². The Balaban J connectivity index is 1.41. The van der Waals surface area contributed by atoms with Gasteiger partial charge in [0.25, 0.3) is 0 Å². The zero-order valence-corrected chi connectivity index (χ0v) is 16.3. The van der Waals surface area contributed by atoms with Crippen LogP contribution in [-0.2, 0) is 12.8 Å². The monoisotopic (exact) mass is 377 g/mol. The van der Waals surface area contributed by atoms with Crippen molar-refractivity contribution in [1.82, 2.24) is 9.97 Å². The van der Waals surface area contributed by atoms with Gasteiger partial charge in [-0.2, -0.15) is 0 Å². The van der Waals surface area contributed by atoms with Crippen molar-refractivity contribution < 1.29 is 0 Å². The van der Waals surface area contributed by atoms with Crippen molar-refractivity contribution in [1.29, 1.82) is 0 Å². The normalized spacial score (nSPS) is 14.7. The Bertz CT molecular complexity index is 1110. The molecule has 0 bridgehead atoms. The topological polar surface area (TPSA) is 37.8 Å². The van der Waals surface area contributed by atoms with Gasteiger partial charge in [0.1, 0.15) is 0 Å². The zero-order chi connectivity index (χ0) is 19.5. The maximum atomic E-state index is 4.89. The van der Waals surface area contributed by atoms with E-state index in [1.807, 2.05) is 12.3 Å². The number of benzene rings is 3. The van der Waals surface area contributed by atoms with E-state index < -0.39 is 0 Å². The fourth-order valence-corrected chi connectivity index (χ4v) is 4.17. The summed E-state index contributed by atoms with van der Waals surface area (Å²) in [6.45, 7) is 0.817. The highest BCUT2D eigenvalue weighted by Crippen LogP contribution is 2.41. The Morgan fingerprint density at radius 2 is 1.55 bits per heavy atom. The van der Waals surface area contributed by atoms with Gasteiger partial charge < -0.3 is 5.32 Å². The molecule has 4 aromatic rings. The minimum Gasteiger partial charge on any atom is -0.354 e. The van der Waals surface area contributed by atoms with E-state index in [0.29, 0.717) is 11.9 Å². The van der Waals surface area contributed by atoms with E-state index in [-0.39, 0.29) is 0 Å². The van der Waals surface area contributed by atoms with Crippen molar-refractivity contribution in [2.24, 2.45) is 0 Å². The van der Waals surface area contributed by atoms with Gasteiger partial charge in [0.05, 0.1) is 5.69 Å². The summed E-state index contributed by atoms with van der Waals surface area (Å²) in [5, 5.41) is 3.39. The third-order valence-corrected chi connectivity index (χ3v) is 5.62. The molecule has 0 fully saturated rings. The summed E-state index contributed by atoms with van der Waals surface area (Å²) in [4.78, 5) is 9.49. The second-order valence-electron chi connectivity index (χ2n) is 7.48. The standard InChI is InChI=1S/C26H23N3/c1-3-9-19(10-4-1)15-16-27-26-28-18-21-17-24(20-11-5-2-6-12-20)22-13-7-8-14-23(22)25(21)29-26/h1-14,18,24H,15-17H2,(H,27,28,29). The van der Waals surface area contributed by atoms with E-state index in [2.05, 4.69) is 89.2 Å². The number of nitrogens with zero attached hydrogens (tertiary/aromatic N) is 2. The lowest BCUT2D eigenvalue weighted by Gasteiger charge is -2.27. The predicted molar refractivity (Wildman–Crippen MR) is 118 cm³/mol. The predicted octanol–water partition coefficient (Wildman–Crippen LogP) is 5.49. The zero-order valence-electron chi connectivity index (χ0n) is 16.3. The average molecular weight is 377 g/mol. The Morgan fingerprint density at radius 3 is 2.38 bits per heavy atom. The van der Waals surface area contributed by atoms with Crippen molar-refractivity contribution in [3.8, 4) is 11.3 Å². The molecule has 1 atom stereocenters. The first-order chi connectivity index (χ1) is 14.4. The van der Waals surface area contributed by atoms with Crippen LogP contribution >= 0.6 is 0 Å². The second-order valence-corrected chi connectivity index (χ2v) is 7.48. The number of hydrogen-bond acceptors (Lipinski definition) is 3. The first kappa shape index (κ1) is 17.6. The highest BCUT2D eigenvalue weighted by molar-refractivity contribution is 5.72. The first-order valence-corrected chi connectivity index (χ1v) is 10.2. The minimum absolute atomic E-state index is 0.348. The summed E-state index contributed by atoms with van der Waals surface area (Å²) in [5.74, 6) is 1.05. The molecule has 142 valence electrons. The van der Waals surface area contributed by atoms with Crippen molar-refractivity contribution in [2.75, 3.05) is 11.9 Å². The van der Waals surface area contributed by atoms with Crippen molar-refractivity contribution in [2.45, 2.75) is 18.8 Å². The van der Waals surface area contributed by atoms with Crippen molar-refractivity contribution in [3.05, 3.63) is 113 Å². The van der Waals surface area contributed by atoms with Crippen LogP contribution in [0.3, 0.4) is 0 Å². The number of nitrogens with one attached hydrogen (secondary N) is 1. The van der Waals surface area contributed by atoms with E-state index in [0.717, 1.165) is 25.1 Å². The molecule has 1 aromatic heterocycles. The van der Waals surface area contributed by atoms with Crippen molar-refractivity contribution >= 4 is 5.95 Å². The molecule has 1 N–H and O–H groups in total. The third kappa shape index (κ3) is 3.64. The summed E-state index contributed by atoms with van der Waals surface area (Å²) >= 11 is 0. The van der Waals surface area contributed by atoms with Gasteiger partial charge in [0, 0.05) is 24.2 Å². The van der Waals surface area contributed by atoms with E-state index in [1.165, 1.54) is 27.8 Å². The maximum Gasteiger partial charge on any atom is 0.223 e. The fraction of sp³-hybridized carbons (Fsp3) is 0.154. The van der Waals surface area contributed by atoms with Crippen LogP contribution < -0.4 is 5.32 Å². The SMILES string of the molecule is c1ccc(CCNc2ncc3c(n2)-c2ccccc2C(c2ccccc2)C3)cc1. The molecule has 0 saturated carbocycles. The molecule has 0 aliphatic heterocycles. The molecule has 5 rings (SSSR count). The van der Waals surface area contributed by atoms with Gasteiger partial charge in [-0.15, -0.1) is 0 Å². The average Bonchev–Trinajstić information content (AvgIpc) is 2.80. The Labute approximate surface area is 171 Å². The number of fused-ring (bicyclic) bond motifs is 3. The van der Waals surface area contributed by atoms with E-state index >= 15 is 0 Å². The summed E-state index contributed by atoms with van der Waals surface area (Å²) in [6.07, 6.45) is 3.88. The third-order valence-electron chi connectivity index (χ3n) is 5.62. The lowest BCUT2D eigenvalue weighted by molar-refractivity contribution is 0.781. The lowest BCUT2D eigenvalue weighted by atomic mass is 9.78.